The molecule has 4 aromatic rings. The molecule has 0 aliphatic carbocycles. The molecule has 0 aliphatic heterocycles. The van der Waals surface area contributed by atoms with Crippen molar-refractivity contribution in [2.24, 2.45) is 0 Å². The molecule has 4 rings (SSSR count). The Hall–Kier alpha value is -3.00. The Morgan fingerprint density at radius 1 is 1.23 bits per heavy atom. The highest BCUT2D eigenvalue weighted by atomic mass is 32.1. The molecule has 6 nitrogen and oxygen atoms in total. The van der Waals surface area contributed by atoms with Crippen LogP contribution in [-0.4, -0.2) is 26.6 Å². The molecule has 0 saturated carbocycles. The summed E-state index contributed by atoms with van der Waals surface area (Å²) in [6.07, 6.45) is 2.22. The first-order valence-corrected chi connectivity index (χ1v) is 8.95. The Balaban J connectivity index is 1.53. The molecule has 0 saturated heterocycles. The Kier molecular flexibility index (Phi) is 4.26. The van der Waals surface area contributed by atoms with Crippen LogP contribution >= 0.6 is 11.3 Å². The molecule has 0 bridgehead atoms. The summed E-state index contributed by atoms with van der Waals surface area (Å²) in [6.45, 7) is 0.348. The van der Waals surface area contributed by atoms with E-state index in [1.807, 2.05) is 17.5 Å². The lowest BCUT2D eigenvalue weighted by molar-refractivity contribution is -0.121. The molecule has 132 valence electrons. The van der Waals surface area contributed by atoms with Crippen LogP contribution in [0, 0.1) is 5.82 Å². The van der Waals surface area contributed by atoms with Crippen LogP contribution in [0.15, 0.2) is 52.9 Å². The Labute approximate surface area is 151 Å². The number of hydrogen-bond donors (Lipinski definition) is 1. The first-order valence-electron chi connectivity index (χ1n) is 8.07. The third kappa shape index (κ3) is 3.11. The number of aromatic nitrogens is 3. The minimum absolute atomic E-state index is 0.157. The highest BCUT2D eigenvalue weighted by Crippen LogP contribution is 2.18. The van der Waals surface area contributed by atoms with Gasteiger partial charge >= 0.3 is 0 Å². The van der Waals surface area contributed by atoms with E-state index in [1.54, 1.807) is 27.9 Å². The predicted molar refractivity (Wildman–Crippen MR) is 97.9 cm³/mol. The highest BCUT2D eigenvalue weighted by molar-refractivity contribution is 7.09. The maximum atomic E-state index is 13.4. The van der Waals surface area contributed by atoms with Crippen molar-refractivity contribution in [3.63, 3.8) is 0 Å². The summed E-state index contributed by atoms with van der Waals surface area (Å²) in [4.78, 5) is 25.9. The van der Waals surface area contributed by atoms with Crippen LogP contribution in [-0.2, 0) is 17.8 Å². The third-order valence-electron chi connectivity index (χ3n) is 4.13. The summed E-state index contributed by atoms with van der Waals surface area (Å²) in [7, 11) is 0. The second kappa shape index (κ2) is 6.72. The van der Waals surface area contributed by atoms with E-state index in [9.17, 15) is 14.0 Å². The summed E-state index contributed by atoms with van der Waals surface area (Å²) < 4.78 is 16.1. The quantitative estimate of drug-likeness (QED) is 0.586. The zero-order chi connectivity index (χ0) is 18.1. The molecule has 1 N–H and O–H groups in total. The molecule has 0 aliphatic rings. The lowest BCUT2D eigenvalue weighted by Gasteiger charge is -2.06. The molecular weight excluding hydrogens is 355 g/mol. The number of benzene rings is 1. The van der Waals surface area contributed by atoms with E-state index < -0.39 is 5.56 Å². The van der Waals surface area contributed by atoms with Crippen LogP contribution < -0.4 is 10.9 Å². The van der Waals surface area contributed by atoms with E-state index in [1.165, 1.54) is 23.3 Å². The molecule has 0 unspecified atom stereocenters. The van der Waals surface area contributed by atoms with E-state index in [2.05, 4.69) is 10.4 Å². The maximum Gasteiger partial charge on any atom is 0.291 e. The molecule has 0 fully saturated rings. The van der Waals surface area contributed by atoms with E-state index in [0.29, 0.717) is 23.0 Å². The summed E-state index contributed by atoms with van der Waals surface area (Å²) in [5, 5.41) is 9.46. The van der Waals surface area contributed by atoms with Gasteiger partial charge in [0.15, 0.2) is 0 Å². The van der Waals surface area contributed by atoms with Crippen molar-refractivity contribution in [2.45, 2.75) is 13.0 Å². The SMILES string of the molecule is O=C(Cn1ncn2c(cc3cc(F)ccc32)c1=O)NCCc1cccs1. The van der Waals surface area contributed by atoms with Crippen LogP contribution in [0.1, 0.15) is 4.88 Å². The number of nitrogens with one attached hydrogen (secondary N) is 1. The van der Waals surface area contributed by atoms with Gasteiger partial charge in [-0.15, -0.1) is 11.3 Å². The fourth-order valence-electron chi connectivity index (χ4n) is 2.88. The van der Waals surface area contributed by atoms with Gasteiger partial charge in [-0.25, -0.2) is 9.07 Å². The number of nitrogens with zero attached hydrogens (tertiary/aromatic N) is 3. The van der Waals surface area contributed by atoms with E-state index in [-0.39, 0.29) is 18.3 Å². The van der Waals surface area contributed by atoms with Gasteiger partial charge < -0.3 is 5.32 Å². The number of fused-ring (bicyclic) bond motifs is 3. The molecule has 1 amide bonds. The van der Waals surface area contributed by atoms with Gasteiger partial charge in [0.2, 0.25) is 5.91 Å². The fourth-order valence-corrected chi connectivity index (χ4v) is 3.59. The topological polar surface area (TPSA) is 68.4 Å². The van der Waals surface area contributed by atoms with Crippen molar-refractivity contribution in [2.75, 3.05) is 6.54 Å². The molecule has 8 heteroatoms. The van der Waals surface area contributed by atoms with Crippen molar-refractivity contribution in [1.29, 1.82) is 0 Å². The number of halogens is 1. The zero-order valence-corrected chi connectivity index (χ0v) is 14.5. The van der Waals surface area contributed by atoms with E-state index >= 15 is 0 Å². The summed E-state index contributed by atoms with van der Waals surface area (Å²) in [5.74, 6) is -0.644. The molecule has 0 radical (unpaired) electrons. The van der Waals surface area contributed by atoms with Gasteiger partial charge in [-0.1, -0.05) is 6.07 Å². The largest absolute Gasteiger partial charge is 0.354 e. The summed E-state index contributed by atoms with van der Waals surface area (Å²) in [6, 6.07) is 9.88. The van der Waals surface area contributed by atoms with Gasteiger partial charge in [0.25, 0.3) is 5.56 Å². The van der Waals surface area contributed by atoms with E-state index in [0.717, 1.165) is 11.1 Å². The van der Waals surface area contributed by atoms with Crippen molar-refractivity contribution in [3.8, 4) is 0 Å². The lowest BCUT2D eigenvalue weighted by Crippen LogP contribution is -2.35. The van der Waals surface area contributed by atoms with Crippen molar-refractivity contribution in [1.82, 2.24) is 19.5 Å². The van der Waals surface area contributed by atoms with Crippen LogP contribution in [0.4, 0.5) is 4.39 Å². The van der Waals surface area contributed by atoms with Crippen LogP contribution in [0.2, 0.25) is 0 Å². The van der Waals surface area contributed by atoms with Crippen molar-refractivity contribution >= 4 is 33.7 Å². The van der Waals surface area contributed by atoms with Crippen molar-refractivity contribution < 1.29 is 9.18 Å². The van der Waals surface area contributed by atoms with Gasteiger partial charge in [-0.3, -0.25) is 14.0 Å². The van der Waals surface area contributed by atoms with Crippen LogP contribution in [0.5, 0.6) is 0 Å². The molecule has 3 aromatic heterocycles. The minimum Gasteiger partial charge on any atom is -0.354 e. The molecule has 1 aromatic carbocycles. The second-order valence-corrected chi connectivity index (χ2v) is 6.91. The maximum absolute atomic E-state index is 13.4. The average Bonchev–Trinajstić information content (AvgIpc) is 3.25. The molecular formula is C18H15FN4O2S. The highest BCUT2D eigenvalue weighted by Gasteiger charge is 2.12. The van der Waals surface area contributed by atoms with Gasteiger partial charge in [0, 0.05) is 16.8 Å². The van der Waals surface area contributed by atoms with Gasteiger partial charge in [-0.05, 0) is 42.1 Å². The first kappa shape index (κ1) is 16.5. The fraction of sp³-hybridized carbons (Fsp3) is 0.167. The molecule has 26 heavy (non-hydrogen) atoms. The van der Waals surface area contributed by atoms with Crippen LogP contribution in [0.25, 0.3) is 16.4 Å². The Morgan fingerprint density at radius 2 is 2.12 bits per heavy atom. The van der Waals surface area contributed by atoms with Gasteiger partial charge in [0.1, 0.15) is 24.2 Å². The average molecular weight is 370 g/mol. The standard InChI is InChI=1S/C18H15FN4O2S/c19-13-3-4-15-12(8-13)9-16-18(25)23(21-11-22(15)16)10-17(24)20-6-5-14-2-1-7-26-14/h1-4,7-9,11H,5-6,10H2,(H,20,24). The Morgan fingerprint density at radius 3 is 2.92 bits per heavy atom. The summed E-state index contributed by atoms with van der Waals surface area (Å²) >= 11 is 1.64. The smallest absolute Gasteiger partial charge is 0.291 e. The number of carbonyl (C=O) groups is 1. The predicted octanol–water partition coefficient (Wildman–Crippen LogP) is 2.21. The number of carbonyl (C=O) groups excluding carboxylic acids is 1. The van der Waals surface area contributed by atoms with E-state index in [4.69, 9.17) is 0 Å². The second-order valence-electron chi connectivity index (χ2n) is 5.88. The normalized spacial score (nSPS) is 11.3. The first-order chi connectivity index (χ1) is 12.6. The minimum atomic E-state index is -0.391. The number of amides is 1. The number of rotatable bonds is 5. The molecule has 0 spiro atoms. The van der Waals surface area contributed by atoms with Crippen molar-refractivity contribution in [3.05, 3.63) is 69.2 Å². The Bertz CT molecular complexity index is 1150. The lowest BCUT2D eigenvalue weighted by atomic mass is 10.2. The monoisotopic (exact) mass is 370 g/mol. The number of hydrogen-bond acceptors (Lipinski definition) is 4. The van der Waals surface area contributed by atoms with Crippen LogP contribution in [0.3, 0.4) is 0 Å². The molecule has 0 atom stereocenters. The molecule has 3 heterocycles. The summed E-state index contributed by atoms with van der Waals surface area (Å²) in [5.41, 5.74) is 0.656. The van der Waals surface area contributed by atoms with Gasteiger partial charge in [-0.2, -0.15) is 5.10 Å². The number of thiophene rings is 1. The zero-order valence-electron chi connectivity index (χ0n) is 13.7. The van der Waals surface area contributed by atoms with Gasteiger partial charge in [0.05, 0.1) is 5.52 Å². The third-order valence-corrected chi connectivity index (χ3v) is 5.06.